The van der Waals surface area contributed by atoms with Crippen molar-refractivity contribution < 1.29 is 18.7 Å². The fraction of sp³-hybridized carbons (Fsp3) is 0.375. The molecular weight excluding hydrogens is 208 g/mol. The quantitative estimate of drug-likeness (QED) is 0.734. The minimum atomic E-state index is -2.88. The number of carbonyl (C=O) groups is 1. The van der Waals surface area contributed by atoms with Gasteiger partial charge in [-0.2, -0.15) is 0 Å². The van der Waals surface area contributed by atoms with Crippen molar-refractivity contribution in [1.82, 2.24) is 15.3 Å². The lowest BCUT2D eigenvalue weighted by Gasteiger charge is -2.10. The van der Waals surface area contributed by atoms with Crippen LogP contribution in [0, 0.1) is 0 Å². The van der Waals surface area contributed by atoms with Crippen LogP contribution in [0.3, 0.4) is 0 Å². The minimum absolute atomic E-state index is 0.152. The summed E-state index contributed by atoms with van der Waals surface area (Å²) in [5, 5.41) is 10.9. The van der Waals surface area contributed by atoms with Crippen LogP contribution in [0.15, 0.2) is 18.7 Å². The van der Waals surface area contributed by atoms with Crippen LogP contribution in [0.5, 0.6) is 0 Å². The number of halogens is 2. The molecule has 1 atom stereocenters. The molecule has 5 nitrogen and oxygen atoms in total. The largest absolute Gasteiger partial charge is 0.385 e. The molecule has 82 valence electrons. The third-order valence-corrected chi connectivity index (χ3v) is 1.59. The number of alkyl halides is 2. The first-order valence-electron chi connectivity index (χ1n) is 4.10. The summed E-state index contributed by atoms with van der Waals surface area (Å²) in [6, 6.07) is 0. The summed E-state index contributed by atoms with van der Waals surface area (Å²) < 4.78 is 23.7. The summed E-state index contributed by atoms with van der Waals surface area (Å²) in [7, 11) is 0. The van der Waals surface area contributed by atoms with Gasteiger partial charge in [-0.3, -0.25) is 4.79 Å². The van der Waals surface area contributed by atoms with Crippen LogP contribution in [0.1, 0.15) is 10.4 Å². The van der Waals surface area contributed by atoms with E-state index in [1.54, 1.807) is 0 Å². The summed E-state index contributed by atoms with van der Waals surface area (Å²) in [6.45, 7) is -0.509. The Hall–Kier alpha value is -1.63. The van der Waals surface area contributed by atoms with Gasteiger partial charge in [0.2, 0.25) is 0 Å². The van der Waals surface area contributed by atoms with Crippen molar-refractivity contribution in [1.29, 1.82) is 0 Å². The number of carbonyl (C=O) groups excluding carboxylic acids is 1. The van der Waals surface area contributed by atoms with Crippen LogP contribution >= 0.6 is 0 Å². The van der Waals surface area contributed by atoms with Crippen molar-refractivity contribution in [2.75, 3.05) is 6.54 Å². The Labute approximate surface area is 84.2 Å². The molecule has 1 rings (SSSR count). The van der Waals surface area contributed by atoms with Gasteiger partial charge in [0.15, 0.2) is 0 Å². The maximum Gasteiger partial charge on any atom is 0.265 e. The molecule has 15 heavy (non-hydrogen) atoms. The summed E-state index contributed by atoms with van der Waals surface area (Å²) in [6.07, 6.45) is -1.00. The average Bonchev–Trinajstić information content (AvgIpc) is 2.26. The Morgan fingerprint density at radius 1 is 1.47 bits per heavy atom. The van der Waals surface area contributed by atoms with Crippen molar-refractivity contribution in [3.63, 3.8) is 0 Å². The van der Waals surface area contributed by atoms with E-state index in [1.807, 2.05) is 0 Å². The van der Waals surface area contributed by atoms with Gasteiger partial charge in [-0.1, -0.05) is 0 Å². The third kappa shape index (κ3) is 3.55. The number of nitrogens with one attached hydrogen (secondary N) is 1. The number of aromatic nitrogens is 2. The van der Waals surface area contributed by atoms with E-state index in [2.05, 4.69) is 15.3 Å². The van der Waals surface area contributed by atoms with Gasteiger partial charge in [0.1, 0.15) is 12.4 Å². The Bertz CT molecular complexity index is 321. The predicted octanol–water partition coefficient (Wildman–Crippen LogP) is -0.168. The topological polar surface area (TPSA) is 75.1 Å². The molecule has 7 heteroatoms. The molecule has 0 radical (unpaired) electrons. The number of rotatable bonds is 4. The smallest absolute Gasteiger partial charge is 0.265 e. The van der Waals surface area contributed by atoms with E-state index in [0.29, 0.717) is 0 Å². The Kier molecular flexibility index (Phi) is 4.04. The van der Waals surface area contributed by atoms with Gasteiger partial charge in [0.25, 0.3) is 12.3 Å². The van der Waals surface area contributed by atoms with Crippen LogP contribution in [-0.4, -0.2) is 40.1 Å². The second-order valence-electron chi connectivity index (χ2n) is 2.74. The molecule has 0 aromatic carbocycles. The molecule has 0 fully saturated rings. The van der Waals surface area contributed by atoms with E-state index in [9.17, 15) is 13.6 Å². The second-order valence-corrected chi connectivity index (χ2v) is 2.74. The van der Waals surface area contributed by atoms with E-state index in [0.717, 1.165) is 0 Å². The van der Waals surface area contributed by atoms with E-state index in [-0.39, 0.29) is 5.56 Å². The van der Waals surface area contributed by atoms with Gasteiger partial charge in [0, 0.05) is 18.9 Å². The molecule has 0 aliphatic heterocycles. The number of amides is 1. The summed E-state index contributed by atoms with van der Waals surface area (Å²) in [5.41, 5.74) is 0.152. The number of nitrogens with zero attached hydrogens (tertiary/aromatic N) is 2. The van der Waals surface area contributed by atoms with Gasteiger partial charge >= 0.3 is 0 Å². The molecule has 0 aliphatic carbocycles. The monoisotopic (exact) mass is 217 g/mol. The number of aliphatic hydroxyl groups is 1. The number of hydrogen-bond acceptors (Lipinski definition) is 4. The minimum Gasteiger partial charge on any atom is -0.385 e. The maximum absolute atomic E-state index is 11.9. The average molecular weight is 217 g/mol. The van der Waals surface area contributed by atoms with Gasteiger partial charge < -0.3 is 10.4 Å². The van der Waals surface area contributed by atoms with Crippen LogP contribution in [0.25, 0.3) is 0 Å². The Balaban J connectivity index is 2.44. The molecular formula is C8H9F2N3O2. The van der Waals surface area contributed by atoms with Crippen molar-refractivity contribution in [3.8, 4) is 0 Å². The molecule has 1 heterocycles. The van der Waals surface area contributed by atoms with Crippen molar-refractivity contribution in [2.45, 2.75) is 12.5 Å². The van der Waals surface area contributed by atoms with Gasteiger partial charge in [0.05, 0.1) is 5.56 Å². The highest BCUT2D eigenvalue weighted by Crippen LogP contribution is 1.99. The molecule has 1 amide bonds. The van der Waals surface area contributed by atoms with E-state index in [1.165, 1.54) is 18.7 Å². The molecule has 0 saturated heterocycles. The highest BCUT2D eigenvalue weighted by Gasteiger charge is 2.17. The fourth-order valence-electron chi connectivity index (χ4n) is 0.805. The third-order valence-electron chi connectivity index (χ3n) is 1.59. The normalized spacial score (nSPS) is 12.5. The summed E-state index contributed by atoms with van der Waals surface area (Å²) in [4.78, 5) is 18.4. The van der Waals surface area contributed by atoms with Crippen molar-refractivity contribution >= 4 is 5.91 Å². The van der Waals surface area contributed by atoms with E-state index >= 15 is 0 Å². The van der Waals surface area contributed by atoms with Gasteiger partial charge in [-0.25, -0.2) is 18.7 Å². The maximum atomic E-state index is 11.9. The molecule has 0 aliphatic rings. The highest BCUT2D eigenvalue weighted by atomic mass is 19.3. The van der Waals surface area contributed by atoms with Gasteiger partial charge in [-0.15, -0.1) is 0 Å². The van der Waals surface area contributed by atoms with Crippen LogP contribution in [0.4, 0.5) is 8.78 Å². The van der Waals surface area contributed by atoms with Crippen LogP contribution < -0.4 is 5.32 Å². The van der Waals surface area contributed by atoms with Gasteiger partial charge in [-0.05, 0) is 0 Å². The van der Waals surface area contributed by atoms with Crippen LogP contribution in [0.2, 0.25) is 0 Å². The first-order chi connectivity index (χ1) is 7.11. The molecule has 0 bridgehead atoms. The standard InChI is InChI=1S/C8H9F2N3O2/c9-7(10)6(14)3-13-8(15)5-1-11-4-12-2-5/h1-2,4,6-7,14H,3H2,(H,13,15). The van der Waals surface area contributed by atoms with Crippen molar-refractivity contribution in [3.05, 3.63) is 24.3 Å². The second kappa shape index (κ2) is 5.30. The molecule has 1 unspecified atom stereocenters. The van der Waals surface area contributed by atoms with E-state index in [4.69, 9.17) is 5.11 Å². The zero-order valence-corrected chi connectivity index (χ0v) is 7.60. The first kappa shape index (κ1) is 11.4. The highest BCUT2D eigenvalue weighted by molar-refractivity contribution is 5.93. The number of hydrogen-bond donors (Lipinski definition) is 2. The first-order valence-corrected chi connectivity index (χ1v) is 4.10. The Morgan fingerprint density at radius 2 is 2.07 bits per heavy atom. The Morgan fingerprint density at radius 3 is 2.60 bits per heavy atom. The summed E-state index contributed by atoms with van der Waals surface area (Å²) in [5.74, 6) is -0.602. The molecule has 0 saturated carbocycles. The van der Waals surface area contributed by atoms with Crippen LogP contribution in [-0.2, 0) is 0 Å². The fourth-order valence-corrected chi connectivity index (χ4v) is 0.805. The zero-order chi connectivity index (χ0) is 11.3. The SMILES string of the molecule is O=C(NCC(O)C(F)F)c1cncnc1. The molecule has 1 aromatic heterocycles. The number of aliphatic hydroxyl groups excluding tert-OH is 1. The lowest BCUT2D eigenvalue weighted by molar-refractivity contribution is -0.00270. The molecule has 1 aromatic rings. The summed E-state index contributed by atoms with van der Waals surface area (Å²) >= 11 is 0. The lowest BCUT2D eigenvalue weighted by Crippen LogP contribution is -2.35. The lowest BCUT2D eigenvalue weighted by atomic mass is 10.3. The predicted molar refractivity (Wildman–Crippen MR) is 46.4 cm³/mol. The van der Waals surface area contributed by atoms with E-state index < -0.39 is 25.0 Å². The van der Waals surface area contributed by atoms with Crippen molar-refractivity contribution in [2.24, 2.45) is 0 Å². The molecule has 0 spiro atoms. The molecule has 2 N–H and O–H groups in total. The zero-order valence-electron chi connectivity index (χ0n) is 7.60.